The molecule has 0 amide bonds. The number of allylic oxidation sites excluding steroid dienone is 1. The van der Waals surface area contributed by atoms with E-state index in [0.717, 1.165) is 42.7 Å². The summed E-state index contributed by atoms with van der Waals surface area (Å²) in [6.45, 7) is 9.99. The van der Waals surface area contributed by atoms with E-state index in [1.165, 1.54) is 0 Å². The van der Waals surface area contributed by atoms with Gasteiger partial charge >= 0.3 is 0 Å². The van der Waals surface area contributed by atoms with Crippen molar-refractivity contribution in [2.75, 3.05) is 7.05 Å². The molecule has 0 bridgehead atoms. The fourth-order valence-electron chi connectivity index (χ4n) is 5.16. The highest BCUT2D eigenvalue weighted by Crippen LogP contribution is 2.40. The van der Waals surface area contributed by atoms with Crippen LogP contribution in [0.3, 0.4) is 0 Å². The molecule has 3 rings (SSSR count). The van der Waals surface area contributed by atoms with Gasteiger partial charge in [-0.25, -0.2) is 8.42 Å². The molecule has 1 saturated carbocycles. The number of nitrogens with zero attached hydrogens (tertiary/aromatic N) is 3. The first-order valence-electron chi connectivity index (χ1n) is 10.7. The minimum absolute atomic E-state index is 0.0253. The Labute approximate surface area is 175 Å². The van der Waals surface area contributed by atoms with E-state index in [1.807, 2.05) is 32.9 Å². The van der Waals surface area contributed by atoms with E-state index in [-0.39, 0.29) is 23.4 Å². The van der Waals surface area contributed by atoms with E-state index >= 15 is 0 Å². The van der Waals surface area contributed by atoms with E-state index in [4.69, 9.17) is 4.52 Å². The van der Waals surface area contributed by atoms with E-state index in [2.05, 4.69) is 24.0 Å². The molecule has 2 heterocycles. The summed E-state index contributed by atoms with van der Waals surface area (Å²) in [5, 5.41) is 3.53. The van der Waals surface area contributed by atoms with Crippen LogP contribution in [0.5, 0.6) is 0 Å². The summed E-state index contributed by atoms with van der Waals surface area (Å²) in [4.78, 5) is 4.50. The third kappa shape index (κ3) is 4.22. The van der Waals surface area contributed by atoms with Crippen molar-refractivity contribution >= 4 is 16.2 Å². The van der Waals surface area contributed by atoms with Crippen LogP contribution in [0.4, 0.5) is 0 Å². The molecule has 0 spiro atoms. The monoisotopic (exact) mass is 421 g/mol. The fraction of sp³-hybridized carbons (Fsp3) is 0.727. The van der Waals surface area contributed by atoms with Crippen LogP contribution in [0.25, 0.3) is 0 Å². The minimum atomic E-state index is -3.53. The summed E-state index contributed by atoms with van der Waals surface area (Å²) in [6, 6.07) is -0.0681. The van der Waals surface area contributed by atoms with Gasteiger partial charge in [-0.15, -0.1) is 0 Å². The maximum absolute atomic E-state index is 13.9. The zero-order chi connectivity index (χ0) is 21.4. The Hall–Kier alpha value is -1.47. The van der Waals surface area contributed by atoms with E-state index < -0.39 is 15.3 Å². The average Bonchev–Trinajstić information content (AvgIpc) is 3.26. The molecule has 29 heavy (non-hydrogen) atoms. The molecule has 0 N–H and O–H groups in total. The largest absolute Gasteiger partial charge is 0.361 e. The van der Waals surface area contributed by atoms with Crippen LogP contribution < -0.4 is 0 Å². The van der Waals surface area contributed by atoms with Gasteiger partial charge < -0.3 is 4.52 Å². The Bertz CT molecular complexity index is 862. The molecule has 1 aromatic heterocycles. The highest BCUT2D eigenvalue weighted by atomic mass is 32.2. The number of dihydropyridines is 1. The zero-order valence-corrected chi connectivity index (χ0v) is 19.4. The lowest BCUT2D eigenvalue weighted by Crippen LogP contribution is -2.51. The highest BCUT2D eigenvalue weighted by molar-refractivity contribution is 7.89. The molecule has 2 aliphatic rings. The van der Waals surface area contributed by atoms with Gasteiger partial charge in [0.15, 0.2) is 0 Å². The van der Waals surface area contributed by atoms with Crippen molar-refractivity contribution in [3.63, 3.8) is 0 Å². The average molecular weight is 422 g/mol. The second kappa shape index (κ2) is 8.34. The van der Waals surface area contributed by atoms with Crippen LogP contribution >= 0.6 is 0 Å². The zero-order valence-electron chi connectivity index (χ0n) is 18.6. The van der Waals surface area contributed by atoms with E-state index in [1.54, 1.807) is 17.6 Å². The summed E-state index contributed by atoms with van der Waals surface area (Å²) in [6.07, 6.45) is 10.2. The molecule has 162 valence electrons. The smallest absolute Gasteiger partial charge is 0.217 e. The van der Waals surface area contributed by atoms with Gasteiger partial charge in [0.1, 0.15) is 5.76 Å². The van der Waals surface area contributed by atoms with Crippen LogP contribution in [0.1, 0.15) is 75.8 Å². The molecule has 7 heteroatoms. The van der Waals surface area contributed by atoms with Gasteiger partial charge in [-0.2, -0.15) is 4.31 Å². The Morgan fingerprint density at radius 3 is 2.52 bits per heavy atom. The molecular weight excluding hydrogens is 386 g/mol. The van der Waals surface area contributed by atoms with Crippen molar-refractivity contribution in [1.29, 1.82) is 0 Å². The fourth-order valence-corrected chi connectivity index (χ4v) is 7.61. The highest BCUT2D eigenvalue weighted by Gasteiger charge is 2.46. The number of rotatable bonds is 7. The minimum Gasteiger partial charge on any atom is -0.361 e. The van der Waals surface area contributed by atoms with Gasteiger partial charge in [0, 0.05) is 30.3 Å². The molecule has 0 saturated heterocycles. The van der Waals surface area contributed by atoms with Crippen LogP contribution in [0, 0.1) is 19.8 Å². The SMILES string of the molecule is Cc1noc(C)c1C(C)CC(C1C=CC=NC1C)S(=O)(=O)N(C)C1(C)CCCC1. The Morgan fingerprint density at radius 2 is 1.97 bits per heavy atom. The molecule has 4 atom stereocenters. The molecule has 0 radical (unpaired) electrons. The van der Waals surface area contributed by atoms with Crippen LogP contribution in [-0.4, -0.2) is 48.0 Å². The molecule has 1 aliphatic heterocycles. The number of sulfonamides is 1. The van der Waals surface area contributed by atoms with E-state index in [0.29, 0.717) is 6.42 Å². The number of hydrogen-bond acceptors (Lipinski definition) is 5. The number of hydrogen-bond donors (Lipinski definition) is 0. The van der Waals surface area contributed by atoms with Crippen LogP contribution in [-0.2, 0) is 10.0 Å². The van der Waals surface area contributed by atoms with Crippen molar-refractivity contribution in [2.24, 2.45) is 10.9 Å². The van der Waals surface area contributed by atoms with Gasteiger partial charge in [-0.3, -0.25) is 4.99 Å². The maximum Gasteiger partial charge on any atom is 0.217 e. The molecule has 4 unspecified atom stereocenters. The van der Waals surface area contributed by atoms with Gasteiger partial charge in [0.2, 0.25) is 10.0 Å². The third-order valence-electron chi connectivity index (χ3n) is 7.10. The topological polar surface area (TPSA) is 75.8 Å². The Kier molecular flexibility index (Phi) is 6.39. The Morgan fingerprint density at radius 1 is 1.31 bits per heavy atom. The second-order valence-corrected chi connectivity index (χ2v) is 11.3. The summed E-state index contributed by atoms with van der Waals surface area (Å²) in [5.41, 5.74) is 1.57. The van der Waals surface area contributed by atoms with Crippen molar-refractivity contribution in [3.05, 3.63) is 29.2 Å². The van der Waals surface area contributed by atoms with Gasteiger partial charge in [0.25, 0.3) is 0 Å². The lowest BCUT2D eigenvalue weighted by atomic mass is 9.87. The normalized spacial score (nSPS) is 26.2. The third-order valence-corrected chi connectivity index (χ3v) is 9.58. The first-order chi connectivity index (χ1) is 13.6. The molecule has 1 aromatic rings. The van der Waals surface area contributed by atoms with E-state index in [9.17, 15) is 8.42 Å². The summed E-state index contributed by atoms with van der Waals surface area (Å²) in [7, 11) is -1.76. The van der Waals surface area contributed by atoms with Crippen LogP contribution in [0.15, 0.2) is 21.7 Å². The second-order valence-electron chi connectivity index (χ2n) is 9.13. The molecular formula is C22H35N3O3S. The Balaban J connectivity index is 1.97. The first kappa shape index (κ1) is 22.2. The van der Waals surface area contributed by atoms with Crippen molar-refractivity contribution in [2.45, 2.75) is 89.5 Å². The predicted molar refractivity (Wildman–Crippen MR) is 117 cm³/mol. The summed E-state index contributed by atoms with van der Waals surface area (Å²) in [5.74, 6) is 0.644. The molecule has 6 nitrogen and oxygen atoms in total. The lowest BCUT2D eigenvalue weighted by Gasteiger charge is -2.40. The number of aromatic nitrogens is 1. The standard InChI is InChI=1S/C22H35N3O3S/c1-15(21-17(3)24-28-18(21)4)14-20(19-10-9-13-23-16(19)2)29(26,27)25(6)22(5)11-7-8-12-22/h9-10,13,15-16,19-20H,7-8,11-12,14H2,1-6H3. The molecule has 1 aliphatic carbocycles. The maximum atomic E-state index is 13.9. The van der Waals surface area contributed by atoms with Gasteiger partial charge in [-0.1, -0.05) is 31.0 Å². The quantitative estimate of drug-likeness (QED) is 0.654. The van der Waals surface area contributed by atoms with Crippen molar-refractivity contribution < 1.29 is 12.9 Å². The molecule has 1 fully saturated rings. The van der Waals surface area contributed by atoms with Crippen LogP contribution in [0.2, 0.25) is 0 Å². The first-order valence-corrected chi connectivity index (χ1v) is 12.2. The predicted octanol–water partition coefficient (Wildman–Crippen LogP) is 4.39. The van der Waals surface area contributed by atoms with Crippen molar-refractivity contribution in [3.8, 4) is 0 Å². The van der Waals surface area contributed by atoms with Gasteiger partial charge in [-0.05, 0) is 59.0 Å². The van der Waals surface area contributed by atoms with Crippen molar-refractivity contribution in [1.82, 2.24) is 9.46 Å². The molecule has 0 aromatic carbocycles. The number of aliphatic imine (C=N–C) groups is 1. The van der Waals surface area contributed by atoms with Gasteiger partial charge in [0.05, 0.1) is 17.0 Å². The summed E-state index contributed by atoms with van der Waals surface area (Å²) >= 11 is 0. The summed E-state index contributed by atoms with van der Waals surface area (Å²) < 4.78 is 34.9. The number of aryl methyl sites for hydroxylation is 2. The lowest BCUT2D eigenvalue weighted by molar-refractivity contribution is 0.240.